The number of thiocarbonyl (C=S) groups is 1. The number of thioether (sulfide) groups is 1. The second-order valence-corrected chi connectivity index (χ2v) is 11.6. The van der Waals surface area contributed by atoms with E-state index in [9.17, 15) is 22.4 Å². The number of hydrogen-bond acceptors (Lipinski definition) is 7. The van der Waals surface area contributed by atoms with Crippen LogP contribution in [0, 0.1) is 5.82 Å². The number of carbonyl (C=O) groups is 1. The number of aliphatic imine (C=N–C) groups is 1. The van der Waals surface area contributed by atoms with Crippen LogP contribution in [0.25, 0.3) is 17.1 Å². The SMILES string of the molecule is CC(C)c1ccc(F)cc1N1C(=O)CS/C1=N\C(=S)NNC(C)c1ccc(-c2ncn(-c3ccc(OC(F)(F)F)cc3)n2)cc1. The predicted molar refractivity (Wildman–Crippen MR) is 169 cm³/mol. The molecule has 4 aromatic rings. The number of nitrogens with one attached hydrogen (secondary N) is 2. The molecule has 1 aliphatic rings. The van der Waals surface area contributed by atoms with E-state index in [0.717, 1.165) is 16.7 Å². The molecule has 1 atom stereocenters. The number of alkyl halides is 3. The molecule has 2 N–H and O–H groups in total. The van der Waals surface area contributed by atoms with Gasteiger partial charge in [-0.3, -0.25) is 15.1 Å². The van der Waals surface area contributed by atoms with Crippen molar-refractivity contribution in [3.05, 3.63) is 90.0 Å². The van der Waals surface area contributed by atoms with Crippen molar-refractivity contribution in [3.8, 4) is 22.8 Å². The number of carbonyl (C=O) groups excluding carboxylic acids is 1. The number of amides is 1. The zero-order valence-corrected chi connectivity index (χ0v) is 25.8. The molecule has 1 saturated heterocycles. The fraction of sp³-hybridized carbons (Fsp3) is 0.233. The molecule has 5 rings (SSSR count). The van der Waals surface area contributed by atoms with Gasteiger partial charge in [0.15, 0.2) is 11.0 Å². The fourth-order valence-electron chi connectivity index (χ4n) is 4.49. The van der Waals surface area contributed by atoms with Crippen LogP contribution in [0.3, 0.4) is 0 Å². The first-order valence-electron chi connectivity index (χ1n) is 13.7. The molecule has 1 aromatic heterocycles. The van der Waals surface area contributed by atoms with Gasteiger partial charge in [-0.2, -0.15) is 4.99 Å². The Hall–Kier alpha value is -4.34. The Bertz CT molecular complexity index is 1730. The van der Waals surface area contributed by atoms with Gasteiger partial charge >= 0.3 is 6.36 Å². The summed E-state index contributed by atoms with van der Waals surface area (Å²) in [7, 11) is 0. The Morgan fingerprint density at radius 3 is 2.44 bits per heavy atom. The topological polar surface area (TPSA) is 96.7 Å². The van der Waals surface area contributed by atoms with Crippen molar-refractivity contribution < 1.29 is 27.1 Å². The summed E-state index contributed by atoms with van der Waals surface area (Å²) >= 11 is 6.64. The second-order valence-electron chi connectivity index (χ2n) is 10.2. The highest BCUT2D eigenvalue weighted by atomic mass is 32.2. The minimum atomic E-state index is -4.76. The number of benzene rings is 3. The van der Waals surface area contributed by atoms with Crippen molar-refractivity contribution in [1.29, 1.82) is 0 Å². The molecule has 9 nitrogen and oxygen atoms in total. The summed E-state index contributed by atoms with van der Waals surface area (Å²) in [6.45, 7) is 5.85. The molecule has 2 heterocycles. The molecular weight excluding hydrogens is 631 g/mol. The molecule has 45 heavy (non-hydrogen) atoms. The van der Waals surface area contributed by atoms with Gasteiger partial charge in [-0.25, -0.2) is 19.5 Å². The van der Waals surface area contributed by atoms with Crippen LogP contribution in [0.2, 0.25) is 0 Å². The molecule has 0 bridgehead atoms. The van der Waals surface area contributed by atoms with Crippen LogP contribution in [0.1, 0.15) is 43.9 Å². The van der Waals surface area contributed by atoms with E-state index in [2.05, 4.69) is 30.7 Å². The van der Waals surface area contributed by atoms with E-state index < -0.39 is 12.2 Å². The van der Waals surface area contributed by atoms with E-state index in [1.807, 2.05) is 45.0 Å². The highest BCUT2D eigenvalue weighted by Crippen LogP contribution is 2.34. The third-order valence-corrected chi connectivity index (χ3v) is 7.83. The number of amidine groups is 1. The van der Waals surface area contributed by atoms with Crippen LogP contribution in [0.15, 0.2) is 78.0 Å². The number of ether oxygens (including phenoxy) is 1. The summed E-state index contributed by atoms with van der Waals surface area (Å²) in [6.07, 6.45) is -3.30. The molecule has 0 aliphatic carbocycles. The molecular formula is C30H27F4N7O2S2. The third-order valence-electron chi connectivity index (χ3n) is 6.71. The van der Waals surface area contributed by atoms with Gasteiger partial charge in [-0.05, 0) is 72.6 Å². The average molecular weight is 658 g/mol. The first-order chi connectivity index (χ1) is 21.4. The van der Waals surface area contributed by atoms with Gasteiger partial charge in [0.05, 0.1) is 17.1 Å². The Balaban J connectivity index is 1.20. The molecule has 1 aliphatic heterocycles. The molecule has 1 fully saturated rings. The van der Waals surface area contributed by atoms with Crippen molar-refractivity contribution >= 4 is 45.9 Å². The first-order valence-corrected chi connectivity index (χ1v) is 15.0. The zero-order chi connectivity index (χ0) is 32.3. The molecule has 3 aromatic carbocycles. The van der Waals surface area contributed by atoms with Crippen molar-refractivity contribution in [2.75, 3.05) is 10.7 Å². The lowest BCUT2D eigenvalue weighted by molar-refractivity contribution is -0.274. The second kappa shape index (κ2) is 13.3. The number of hydrazine groups is 1. The summed E-state index contributed by atoms with van der Waals surface area (Å²) < 4.78 is 56.7. The van der Waals surface area contributed by atoms with Crippen LogP contribution in [0.5, 0.6) is 5.75 Å². The molecule has 1 amide bonds. The largest absolute Gasteiger partial charge is 0.573 e. The Morgan fingerprint density at radius 2 is 1.78 bits per heavy atom. The highest BCUT2D eigenvalue weighted by Gasteiger charge is 2.33. The van der Waals surface area contributed by atoms with E-state index in [4.69, 9.17) is 12.2 Å². The number of aromatic nitrogens is 3. The van der Waals surface area contributed by atoms with E-state index >= 15 is 0 Å². The first kappa shape index (κ1) is 32.1. The van der Waals surface area contributed by atoms with Crippen LogP contribution >= 0.6 is 24.0 Å². The van der Waals surface area contributed by atoms with E-state index in [0.29, 0.717) is 22.4 Å². The van der Waals surface area contributed by atoms with Gasteiger partial charge < -0.3 is 4.74 Å². The zero-order valence-electron chi connectivity index (χ0n) is 24.2. The minimum absolute atomic E-state index is 0.0632. The quantitative estimate of drug-likeness (QED) is 0.123. The lowest BCUT2D eigenvalue weighted by atomic mass is 10.0. The maximum absolute atomic E-state index is 14.1. The monoisotopic (exact) mass is 657 g/mol. The molecule has 15 heteroatoms. The highest BCUT2D eigenvalue weighted by molar-refractivity contribution is 8.15. The van der Waals surface area contributed by atoms with Gasteiger partial charge in [0.1, 0.15) is 17.9 Å². The molecule has 0 spiro atoms. The number of rotatable bonds is 8. The van der Waals surface area contributed by atoms with Crippen molar-refractivity contribution in [2.45, 2.75) is 39.1 Å². The summed E-state index contributed by atoms with van der Waals surface area (Å²) in [5, 5.41) is 4.89. The van der Waals surface area contributed by atoms with E-state index in [1.165, 1.54) is 64.1 Å². The van der Waals surface area contributed by atoms with Crippen LogP contribution in [-0.2, 0) is 4.79 Å². The Morgan fingerprint density at radius 1 is 1.07 bits per heavy atom. The summed E-state index contributed by atoms with van der Waals surface area (Å²) in [5.41, 5.74) is 9.43. The molecule has 0 saturated carbocycles. The van der Waals surface area contributed by atoms with Gasteiger partial charge in [0, 0.05) is 11.6 Å². The Labute approximate surface area is 265 Å². The Kier molecular flexibility index (Phi) is 9.51. The van der Waals surface area contributed by atoms with Crippen LogP contribution < -0.4 is 20.5 Å². The van der Waals surface area contributed by atoms with Gasteiger partial charge in [0.2, 0.25) is 11.0 Å². The van der Waals surface area contributed by atoms with Gasteiger partial charge in [-0.15, -0.1) is 18.3 Å². The van der Waals surface area contributed by atoms with Crippen molar-refractivity contribution in [3.63, 3.8) is 0 Å². The normalized spacial score (nSPS) is 15.2. The summed E-state index contributed by atoms with van der Waals surface area (Å²) in [4.78, 5) is 22.9. The number of halogens is 4. The number of hydrogen-bond donors (Lipinski definition) is 2. The molecule has 234 valence electrons. The lowest BCUT2D eigenvalue weighted by Crippen LogP contribution is -2.38. The maximum Gasteiger partial charge on any atom is 0.573 e. The minimum Gasteiger partial charge on any atom is -0.406 e. The third kappa shape index (κ3) is 7.85. The van der Waals surface area contributed by atoms with E-state index in [-0.39, 0.29) is 34.5 Å². The summed E-state index contributed by atoms with van der Waals surface area (Å²) in [6, 6.07) is 16.9. The number of anilines is 1. The van der Waals surface area contributed by atoms with Crippen molar-refractivity contribution in [1.82, 2.24) is 25.6 Å². The lowest BCUT2D eigenvalue weighted by Gasteiger charge is -2.22. The van der Waals surface area contributed by atoms with Crippen LogP contribution in [-0.4, -0.2) is 43.1 Å². The number of nitrogens with zero attached hydrogens (tertiary/aromatic N) is 5. The molecule has 0 radical (unpaired) electrons. The predicted octanol–water partition coefficient (Wildman–Crippen LogP) is 6.67. The smallest absolute Gasteiger partial charge is 0.406 e. The van der Waals surface area contributed by atoms with Crippen molar-refractivity contribution in [2.24, 2.45) is 4.99 Å². The van der Waals surface area contributed by atoms with Gasteiger partial charge in [-0.1, -0.05) is 55.9 Å². The van der Waals surface area contributed by atoms with E-state index in [1.54, 1.807) is 6.07 Å². The summed E-state index contributed by atoms with van der Waals surface area (Å²) in [5.74, 6) is -0.317. The fourth-order valence-corrected chi connectivity index (χ4v) is 5.56. The average Bonchev–Trinajstić information content (AvgIpc) is 3.62. The van der Waals surface area contributed by atoms with Crippen LogP contribution in [0.4, 0.5) is 23.2 Å². The maximum atomic E-state index is 14.1. The standard InChI is InChI=1S/C30H27F4N7O2S2/c1-17(2)24-13-8-21(31)14-25(24)41-26(42)15-45-29(41)36-28(44)38-37-18(3)19-4-6-20(7-5-19)27-35-16-40(39-27)22-9-11-23(12-10-22)43-30(32,33)34/h4-14,16-18,37H,15H2,1-3H3,(H,38,44)/b36-29-. The molecule has 1 unspecified atom stereocenters. The van der Waals surface area contributed by atoms with Gasteiger partial charge in [0.25, 0.3) is 0 Å².